The molecular formula is C19H21F3O3. The van der Waals surface area contributed by atoms with Crippen LogP contribution in [0.3, 0.4) is 0 Å². The van der Waals surface area contributed by atoms with Crippen LogP contribution < -0.4 is 4.74 Å². The first-order valence-electron chi connectivity index (χ1n) is 8.23. The van der Waals surface area contributed by atoms with E-state index in [-0.39, 0.29) is 23.7 Å². The van der Waals surface area contributed by atoms with Crippen molar-refractivity contribution in [1.82, 2.24) is 0 Å². The van der Waals surface area contributed by atoms with E-state index in [4.69, 9.17) is 4.74 Å². The topological polar surface area (TPSA) is 35.5 Å². The van der Waals surface area contributed by atoms with Crippen LogP contribution >= 0.6 is 0 Å². The summed E-state index contributed by atoms with van der Waals surface area (Å²) in [6, 6.07) is 6.00. The summed E-state index contributed by atoms with van der Waals surface area (Å²) < 4.78 is 45.8. The van der Waals surface area contributed by atoms with Crippen molar-refractivity contribution in [3.8, 4) is 5.75 Å². The molecule has 1 fully saturated rings. The number of allylic oxidation sites excluding steroid dienone is 3. The normalized spacial score (nSPS) is 21.6. The number of benzene rings is 1. The minimum atomic E-state index is -4.68. The molecule has 1 saturated carbocycles. The molecule has 1 aliphatic carbocycles. The number of hydrogen-bond acceptors (Lipinski definition) is 3. The lowest BCUT2D eigenvalue weighted by atomic mass is 9.83. The highest BCUT2D eigenvalue weighted by Crippen LogP contribution is 2.35. The van der Waals surface area contributed by atoms with Crippen molar-refractivity contribution in [2.75, 3.05) is 0 Å². The van der Waals surface area contributed by atoms with E-state index in [9.17, 15) is 18.0 Å². The van der Waals surface area contributed by atoms with E-state index in [0.29, 0.717) is 0 Å². The Labute approximate surface area is 145 Å². The van der Waals surface area contributed by atoms with E-state index >= 15 is 0 Å². The number of rotatable bonds is 5. The van der Waals surface area contributed by atoms with Gasteiger partial charge in [0.2, 0.25) is 0 Å². The zero-order valence-corrected chi connectivity index (χ0v) is 14.0. The summed E-state index contributed by atoms with van der Waals surface area (Å²) in [7, 11) is 0. The van der Waals surface area contributed by atoms with Crippen LogP contribution in [-0.2, 0) is 9.53 Å². The molecule has 0 saturated heterocycles. The summed E-state index contributed by atoms with van der Waals surface area (Å²) in [6.45, 7) is 1.86. The molecule has 1 aromatic carbocycles. The molecule has 0 aliphatic heterocycles. The fourth-order valence-corrected chi connectivity index (χ4v) is 2.90. The maximum Gasteiger partial charge on any atom is 0.573 e. The SMILES string of the molecule is CC=CC=CC(=O)OC1CCC(c2ccc(OC(F)(F)F)cc2)CC1. The van der Waals surface area contributed by atoms with Crippen molar-refractivity contribution in [3.63, 3.8) is 0 Å². The third kappa shape index (κ3) is 6.64. The lowest BCUT2D eigenvalue weighted by Gasteiger charge is -2.28. The quantitative estimate of drug-likeness (QED) is 0.410. The van der Waals surface area contributed by atoms with Crippen LogP contribution in [0.1, 0.15) is 44.1 Å². The van der Waals surface area contributed by atoms with Crippen LogP contribution in [0.4, 0.5) is 13.2 Å². The van der Waals surface area contributed by atoms with Crippen LogP contribution in [0.5, 0.6) is 5.75 Å². The molecule has 3 nitrogen and oxygen atoms in total. The van der Waals surface area contributed by atoms with Gasteiger partial charge in [-0.2, -0.15) is 0 Å². The van der Waals surface area contributed by atoms with E-state index in [2.05, 4.69) is 4.74 Å². The third-order valence-electron chi connectivity index (χ3n) is 4.08. The van der Waals surface area contributed by atoms with Gasteiger partial charge in [-0.05, 0) is 56.2 Å². The van der Waals surface area contributed by atoms with Gasteiger partial charge in [0, 0.05) is 6.08 Å². The molecule has 2 rings (SSSR count). The van der Waals surface area contributed by atoms with Gasteiger partial charge in [-0.15, -0.1) is 13.2 Å². The average molecular weight is 354 g/mol. The molecule has 1 aromatic rings. The van der Waals surface area contributed by atoms with Gasteiger partial charge in [0.15, 0.2) is 0 Å². The first-order chi connectivity index (χ1) is 11.9. The van der Waals surface area contributed by atoms with Crippen LogP contribution in [0.2, 0.25) is 0 Å². The molecule has 0 bridgehead atoms. The first kappa shape index (κ1) is 19.1. The summed E-state index contributed by atoms with van der Waals surface area (Å²) in [5.74, 6) is -0.310. The highest BCUT2D eigenvalue weighted by molar-refractivity contribution is 5.82. The summed E-state index contributed by atoms with van der Waals surface area (Å²) in [5.41, 5.74) is 0.979. The fourth-order valence-electron chi connectivity index (χ4n) is 2.90. The highest BCUT2D eigenvalue weighted by Gasteiger charge is 2.31. The molecule has 0 heterocycles. The standard InChI is InChI=1S/C19H21F3O3/c1-2-3-4-5-18(23)24-16-10-6-14(7-11-16)15-8-12-17(13-9-15)25-19(20,21)22/h2-5,8-9,12-14,16H,6-7,10-11H2,1H3. The molecular weight excluding hydrogens is 333 g/mol. The highest BCUT2D eigenvalue weighted by atomic mass is 19.4. The average Bonchev–Trinajstić information content (AvgIpc) is 2.55. The van der Waals surface area contributed by atoms with Gasteiger partial charge in [0.05, 0.1) is 0 Å². The molecule has 0 N–H and O–H groups in total. The van der Waals surface area contributed by atoms with E-state index in [1.807, 2.05) is 13.0 Å². The van der Waals surface area contributed by atoms with Crippen LogP contribution in [0.25, 0.3) is 0 Å². The maximum atomic E-state index is 12.2. The van der Waals surface area contributed by atoms with Gasteiger partial charge >= 0.3 is 12.3 Å². The van der Waals surface area contributed by atoms with Crippen LogP contribution in [0, 0.1) is 0 Å². The molecule has 0 amide bonds. The number of alkyl halides is 3. The number of hydrogen-bond donors (Lipinski definition) is 0. The Morgan fingerprint density at radius 2 is 1.72 bits per heavy atom. The Kier molecular flexibility index (Phi) is 6.67. The maximum absolute atomic E-state index is 12.2. The zero-order valence-electron chi connectivity index (χ0n) is 14.0. The number of halogens is 3. The van der Waals surface area contributed by atoms with Gasteiger partial charge in [0.1, 0.15) is 11.9 Å². The number of carbonyl (C=O) groups excluding carboxylic acids is 1. The lowest BCUT2D eigenvalue weighted by molar-refractivity contribution is -0.274. The summed E-state index contributed by atoms with van der Waals surface area (Å²) in [5, 5.41) is 0. The van der Waals surface area contributed by atoms with Crippen molar-refractivity contribution in [2.24, 2.45) is 0 Å². The van der Waals surface area contributed by atoms with Crippen molar-refractivity contribution < 1.29 is 27.4 Å². The molecule has 0 atom stereocenters. The van der Waals surface area contributed by atoms with Crippen molar-refractivity contribution in [2.45, 2.75) is 51.0 Å². The minimum Gasteiger partial charge on any atom is -0.459 e. The van der Waals surface area contributed by atoms with Gasteiger partial charge in [-0.3, -0.25) is 0 Å². The van der Waals surface area contributed by atoms with Crippen molar-refractivity contribution in [1.29, 1.82) is 0 Å². The Morgan fingerprint density at radius 1 is 1.08 bits per heavy atom. The third-order valence-corrected chi connectivity index (χ3v) is 4.08. The second kappa shape index (κ2) is 8.74. The summed E-state index contributed by atoms with van der Waals surface area (Å²) in [4.78, 5) is 11.6. The van der Waals surface area contributed by atoms with E-state index in [0.717, 1.165) is 31.2 Å². The molecule has 25 heavy (non-hydrogen) atoms. The molecule has 0 radical (unpaired) electrons. The Balaban J connectivity index is 1.82. The van der Waals surface area contributed by atoms with E-state index in [1.165, 1.54) is 18.2 Å². The van der Waals surface area contributed by atoms with Crippen LogP contribution in [-0.4, -0.2) is 18.4 Å². The van der Waals surface area contributed by atoms with Gasteiger partial charge in [-0.25, -0.2) is 4.79 Å². The molecule has 0 aromatic heterocycles. The fraction of sp³-hybridized carbons (Fsp3) is 0.421. The van der Waals surface area contributed by atoms with E-state index < -0.39 is 6.36 Å². The molecule has 0 spiro atoms. The number of ether oxygens (including phenoxy) is 2. The van der Waals surface area contributed by atoms with E-state index in [1.54, 1.807) is 24.3 Å². The number of esters is 1. The monoisotopic (exact) mass is 354 g/mol. The number of carbonyl (C=O) groups is 1. The molecule has 6 heteroatoms. The second-order valence-electron chi connectivity index (χ2n) is 5.91. The van der Waals surface area contributed by atoms with Gasteiger partial charge in [-0.1, -0.05) is 30.4 Å². The molecule has 0 unspecified atom stereocenters. The zero-order chi connectivity index (χ0) is 18.3. The summed E-state index contributed by atoms with van der Waals surface area (Å²) in [6.07, 6.45) is 4.97. The summed E-state index contributed by atoms with van der Waals surface area (Å²) >= 11 is 0. The Hall–Kier alpha value is -2.24. The lowest BCUT2D eigenvalue weighted by Crippen LogP contribution is -2.23. The predicted octanol–water partition coefficient (Wildman–Crippen LogP) is 5.29. The minimum absolute atomic E-state index is 0.105. The van der Waals surface area contributed by atoms with Gasteiger partial charge in [0.25, 0.3) is 0 Å². The molecule has 136 valence electrons. The first-order valence-corrected chi connectivity index (χ1v) is 8.23. The second-order valence-corrected chi connectivity index (χ2v) is 5.91. The predicted molar refractivity (Wildman–Crippen MR) is 88.2 cm³/mol. The van der Waals surface area contributed by atoms with Crippen LogP contribution in [0.15, 0.2) is 48.6 Å². The smallest absolute Gasteiger partial charge is 0.459 e. The Bertz CT molecular complexity index is 610. The van der Waals surface area contributed by atoms with Crippen molar-refractivity contribution in [3.05, 3.63) is 54.1 Å². The van der Waals surface area contributed by atoms with Crippen molar-refractivity contribution >= 4 is 5.97 Å². The van der Waals surface area contributed by atoms with Gasteiger partial charge < -0.3 is 9.47 Å². The Morgan fingerprint density at radius 3 is 2.28 bits per heavy atom. The largest absolute Gasteiger partial charge is 0.573 e. The molecule has 1 aliphatic rings.